The first kappa shape index (κ1) is 14.0. The van der Waals surface area contributed by atoms with Gasteiger partial charge in [-0.3, -0.25) is 0 Å². The fourth-order valence-corrected chi connectivity index (χ4v) is 1.30. The van der Waals surface area contributed by atoms with Gasteiger partial charge in [0.25, 0.3) is 0 Å². The van der Waals surface area contributed by atoms with Crippen molar-refractivity contribution in [3.8, 4) is 6.01 Å². The van der Waals surface area contributed by atoms with Crippen molar-refractivity contribution in [3.63, 3.8) is 0 Å². The number of nitrogens with two attached hydrogens (primary N) is 1. The van der Waals surface area contributed by atoms with Gasteiger partial charge in [0.2, 0.25) is 0 Å². The molecule has 0 unspecified atom stereocenters. The first-order valence-electron chi connectivity index (χ1n) is 5.12. The van der Waals surface area contributed by atoms with Gasteiger partial charge in [-0.2, -0.15) is 4.98 Å². The van der Waals surface area contributed by atoms with E-state index in [2.05, 4.69) is 9.97 Å². The van der Waals surface area contributed by atoms with E-state index in [1.165, 1.54) is 0 Å². The second-order valence-corrected chi connectivity index (χ2v) is 3.63. The van der Waals surface area contributed by atoms with Crippen LogP contribution >= 0.6 is 0 Å². The van der Waals surface area contributed by atoms with Crippen LogP contribution in [0.25, 0.3) is 0 Å². The number of nitrogens with zero attached hydrogens (tertiary/aromatic N) is 2. The van der Waals surface area contributed by atoms with E-state index in [-0.39, 0.29) is 0 Å². The molecular formula is C11H6F5N3O. The fraction of sp³-hybridized carbons (Fsp3) is 0.0909. The number of halogens is 5. The van der Waals surface area contributed by atoms with Crippen LogP contribution in [0.15, 0.2) is 12.3 Å². The second kappa shape index (κ2) is 5.27. The molecule has 2 aromatic rings. The van der Waals surface area contributed by atoms with Gasteiger partial charge in [0.1, 0.15) is 6.61 Å². The second-order valence-electron chi connectivity index (χ2n) is 3.63. The number of ether oxygens (including phenoxy) is 1. The van der Waals surface area contributed by atoms with Crippen molar-refractivity contribution in [2.75, 3.05) is 5.73 Å². The van der Waals surface area contributed by atoms with Gasteiger partial charge >= 0.3 is 6.01 Å². The van der Waals surface area contributed by atoms with Gasteiger partial charge in [0, 0.05) is 5.56 Å². The zero-order valence-electron chi connectivity index (χ0n) is 9.63. The molecule has 0 saturated carbocycles. The maximum absolute atomic E-state index is 13.3. The Bertz CT molecular complexity index is 665. The van der Waals surface area contributed by atoms with E-state index in [1.54, 1.807) is 0 Å². The highest BCUT2D eigenvalue weighted by Crippen LogP contribution is 2.20. The summed E-state index contributed by atoms with van der Waals surface area (Å²) < 4.78 is 69.5. The highest BCUT2D eigenvalue weighted by molar-refractivity contribution is 5.29. The molecule has 0 aliphatic rings. The van der Waals surface area contributed by atoms with Gasteiger partial charge in [0.15, 0.2) is 34.9 Å². The van der Waals surface area contributed by atoms with E-state index >= 15 is 0 Å². The van der Waals surface area contributed by atoms with Gasteiger partial charge in [-0.25, -0.2) is 26.9 Å². The lowest BCUT2D eigenvalue weighted by atomic mass is 10.2. The average Bonchev–Trinajstić information content (AvgIpc) is 2.42. The Morgan fingerprint density at radius 2 is 1.70 bits per heavy atom. The normalized spacial score (nSPS) is 10.7. The third kappa shape index (κ3) is 2.60. The van der Waals surface area contributed by atoms with Gasteiger partial charge in [-0.05, 0) is 6.07 Å². The minimum Gasteiger partial charge on any atom is -0.458 e. The monoisotopic (exact) mass is 291 g/mol. The van der Waals surface area contributed by atoms with E-state index in [0.29, 0.717) is 12.3 Å². The summed E-state index contributed by atoms with van der Waals surface area (Å²) in [5, 5.41) is 0. The quantitative estimate of drug-likeness (QED) is 0.535. The first-order valence-corrected chi connectivity index (χ1v) is 5.12. The molecular weight excluding hydrogens is 285 g/mol. The highest BCUT2D eigenvalue weighted by Gasteiger charge is 2.19. The Kier molecular flexibility index (Phi) is 3.68. The third-order valence-electron chi connectivity index (χ3n) is 2.28. The lowest BCUT2D eigenvalue weighted by Gasteiger charge is -2.07. The minimum absolute atomic E-state index is 0.423. The SMILES string of the molecule is Nc1nc(OCc2cc(F)c(F)c(F)c2F)ncc1F. The number of nitrogen functional groups attached to an aromatic ring is 1. The average molecular weight is 291 g/mol. The van der Waals surface area contributed by atoms with Crippen LogP contribution in [0.5, 0.6) is 6.01 Å². The molecule has 1 aromatic heterocycles. The number of benzene rings is 1. The predicted molar refractivity (Wildman–Crippen MR) is 57.0 cm³/mol. The number of hydrogen-bond acceptors (Lipinski definition) is 4. The summed E-state index contributed by atoms with van der Waals surface area (Å²) in [6.45, 7) is -0.689. The molecule has 0 bridgehead atoms. The minimum atomic E-state index is -1.96. The van der Waals surface area contributed by atoms with Crippen molar-refractivity contribution < 1.29 is 26.7 Å². The topological polar surface area (TPSA) is 61.0 Å². The summed E-state index contributed by atoms with van der Waals surface area (Å²) in [7, 11) is 0. The molecule has 106 valence electrons. The van der Waals surface area contributed by atoms with E-state index in [0.717, 1.165) is 0 Å². The zero-order valence-corrected chi connectivity index (χ0v) is 9.63. The molecule has 1 aromatic carbocycles. The van der Waals surface area contributed by atoms with Crippen LogP contribution in [0.1, 0.15) is 5.56 Å². The molecule has 0 fully saturated rings. The Balaban J connectivity index is 2.21. The molecule has 0 amide bonds. The maximum atomic E-state index is 13.3. The van der Waals surface area contributed by atoms with E-state index in [1.807, 2.05) is 0 Å². The van der Waals surface area contributed by atoms with E-state index < -0.39 is 53.1 Å². The van der Waals surface area contributed by atoms with Gasteiger partial charge in [-0.15, -0.1) is 0 Å². The summed E-state index contributed by atoms with van der Waals surface area (Å²) >= 11 is 0. The lowest BCUT2D eigenvalue weighted by Crippen LogP contribution is -2.07. The van der Waals surface area contributed by atoms with Crippen molar-refractivity contribution in [2.45, 2.75) is 6.61 Å². The van der Waals surface area contributed by atoms with Crippen molar-refractivity contribution in [2.24, 2.45) is 0 Å². The van der Waals surface area contributed by atoms with Crippen LogP contribution in [0.3, 0.4) is 0 Å². The summed E-state index contributed by atoms with van der Waals surface area (Å²) in [6, 6.07) is 0.00844. The molecule has 0 spiro atoms. The lowest BCUT2D eigenvalue weighted by molar-refractivity contribution is 0.269. The van der Waals surface area contributed by atoms with Crippen LogP contribution < -0.4 is 10.5 Å². The first-order chi connectivity index (χ1) is 9.40. The van der Waals surface area contributed by atoms with Crippen LogP contribution in [-0.2, 0) is 6.61 Å². The van der Waals surface area contributed by atoms with Crippen molar-refractivity contribution >= 4 is 5.82 Å². The molecule has 0 aliphatic heterocycles. The Morgan fingerprint density at radius 1 is 1.00 bits per heavy atom. The molecule has 4 nitrogen and oxygen atoms in total. The van der Waals surface area contributed by atoms with Crippen molar-refractivity contribution in [3.05, 3.63) is 46.9 Å². The predicted octanol–water partition coefficient (Wildman–Crippen LogP) is 2.33. The van der Waals surface area contributed by atoms with E-state index in [9.17, 15) is 22.0 Å². The number of aromatic nitrogens is 2. The van der Waals surface area contributed by atoms with Gasteiger partial charge < -0.3 is 10.5 Å². The molecule has 0 radical (unpaired) electrons. The standard InChI is InChI=1S/C11H6F5N3O/c12-5-1-4(7(14)9(16)8(5)15)3-20-11-18-2-6(13)10(17)19-11/h1-2H,3H2,(H2,17,18,19). The summed E-state index contributed by atoms with van der Waals surface area (Å²) in [5.74, 6) is -8.44. The fourth-order valence-electron chi connectivity index (χ4n) is 1.30. The molecule has 0 atom stereocenters. The molecule has 1 heterocycles. The molecule has 20 heavy (non-hydrogen) atoms. The number of hydrogen-bond donors (Lipinski definition) is 1. The highest BCUT2D eigenvalue weighted by atomic mass is 19.2. The molecule has 2 N–H and O–H groups in total. The maximum Gasteiger partial charge on any atom is 0.318 e. The molecule has 0 aliphatic carbocycles. The number of anilines is 1. The molecule has 0 saturated heterocycles. The van der Waals surface area contributed by atoms with Crippen molar-refractivity contribution in [1.29, 1.82) is 0 Å². The van der Waals surface area contributed by atoms with Crippen LogP contribution in [0.4, 0.5) is 27.8 Å². The Hall–Kier alpha value is -2.45. The van der Waals surface area contributed by atoms with Crippen molar-refractivity contribution in [1.82, 2.24) is 9.97 Å². The molecule has 2 rings (SSSR count). The van der Waals surface area contributed by atoms with Gasteiger partial charge in [-0.1, -0.05) is 0 Å². The van der Waals surface area contributed by atoms with Gasteiger partial charge in [0.05, 0.1) is 6.20 Å². The number of rotatable bonds is 3. The molecule has 9 heteroatoms. The van der Waals surface area contributed by atoms with Crippen LogP contribution in [-0.4, -0.2) is 9.97 Å². The summed E-state index contributed by atoms with van der Waals surface area (Å²) in [5.41, 5.74) is 4.55. The zero-order chi connectivity index (χ0) is 14.9. The van der Waals surface area contributed by atoms with Crippen LogP contribution in [0.2, 0.25) is 0 Å². The Labute approximate surface area is 109 Å². The van der Waals surface area contributed by atoms with Crippen LogP contribution in [0, 0.1) is 29.1 Å². The van der Waals surface area contributed by atoms with E-state index in [4.69, 9.17) is 10.5 Å². The smallest absolute Gasteiger partial charge is 0.318 e. The summed E-state index contributed by atoms with van der Waals surface area (Å²) in [4.78, 5) is 6.74. The summed E-state index contributed by atoms with van der Waals surface area (Å²) in [6.07, 6.45) is 0.708. The Morgan fingerprint density at radius 3 is 2.35 bits per heavy atom. The largest absolute Gasteiger partial charge is 0.458 e. The third-order valence-corrected chi connectivity index (χ3v) is 2.28.